The van der Waals surface area contributed by atoms with Crippen molar-refractivity contribution >= 4 is 0 Å². The van der Waals surface area contributed by atoms with Gasteiger partial charge >= 0.3 is 0 Å². The quantitative estimate of drug-likeness (QED) is 0.356. The molecule has 10 unspecified atom stereocenters. The lowest BCUT2D eigenvalue weighted by Gasteiger charge is -2.01. The van der Waals surface area contributed by atoms with Crippen molar-refractivity contribution in [1.29, 1.82) is 0 Å². The van der Waals surface area contributed by atoms with Gasteiger partial charge in [-0.1, -0.05) is 57.8 Å². The molecule has 0 aromatic rings. The highest BCUT2D eigenvalue weighted by molar-refractivity contribution is 4.95. The first kappa shape index (κ1) is 25.1. The SMILES string of the molecule is C1CC2OC12.C1CC2OC2C1.C1CCC2OC2C1.C1CCC2OC2CC1.C1CCCC2OC2CC1. The van der Waals surface area contributed by atoms with Crippen molar-refractivity contribution in [2.45, 2.75) is 189 Å². The van der Waals surface area contributed by atoms with Gasteiger partial charge in [-0.2, -0.15) is 0 Å². The summed E-state index contributed by atoms with van der Waals surface area (Å²) in [7, 11) is 0. The summed E-state index contributed by atoms with van der Waals surface area (Å²) in [5.41, 5.74) is 0. The topological polar surface area (TPSA) is 62.6 Å². The summed E-state index contributed by atoms with van der Waals surface area (Å²) in [6, 6.07) is 0. The third-order valence-electron chi connectivity index (χ3n) is 9.58. The average molecular weight is 491 g/mol. The van der Waals surface area contributed by atoms with Crippen molar-refractivity contribution in [2.75, 3.05) is 0 Å². The van der Waals surface area contributed by atoms with Gasteiger partial charge < -0.3 is 23.7 Å². The van der Waals surface area contributed by atoms with E-state index in [2.05, 4.69) is 0 Å². The lowest BCUT2D eigenvalue weighted by atomic mass is 10.0. The van der Waals surface area contributed by atoms with Crippen molar-refractivity contribution in [1.82, 2.24) is 0 Å². The van der Waals surface area contributed by atoms with Crippen LogP contribution in [-0.2, 0) is 23.7 Å². The Bertz CT molecular complexity index is 605. The van der Waals surface area contributed by atoms with E-state index in [0.717, 1.165) is 12.2 Å². The number of rotatable bonds is 0. The zero-order chi connectivity index (χ0) is 23.5. The highest BCUT2D eigenvalue weighted by Crippen LogP contribution is 2.41. The largest absolute Gasteiger partial charge is 0.370 e. The van der Waals surface area contributed by atoms with Crippen LogP contribution in [0.3, 0.4) is 0 Å². The van der Waals surface area contributed by atoms with Gasteiger partial charge in [0.2, 0.25) is 0 Å². The van der Waals surface area contributed by atoms with E-state index in [1.165, 1.54) is 128 Å². The summed E-state index contributed by atoms with van der Waals surface area (Å²) in [6.07, 6.45) is 34.6. The molecule has 0 radical (unpaired) electrons. The fourth-order valence-electron chi connectivity index (χ4n) is 6.63. The Morgan fingerprint density at radius 1 is 0.200 bits per heavy atom. The van der Waals surface area contributed by atoms with E-state index in [1.807, 2.05) is 0 Å². The van der Waals surface area contributed by atoms with Crippen LogP contribution in [0.1, 0.15) is 128 Å². The minimum atomic E-state index is 0.685. The van der Waals surface area contributed by atoms with Crippen molar-refractivity contribution in [3.63, 3.8) is 0 Å². The van der Waals surface area contributed by atoms with Crippen LogP contribution in [0.5, 0.6) is 0 Å². The molecular formula is C30H50O5. The maximum Gasteiger partial charge on any atom is 0.0842 e. The number of hydrogen-bond donors (Lipinski definition) is 0. The molecule has 0 bridgehead atoms. The average Bonchev–Trinajstić information content (AvgIpc) is 3.64. The first-order chi connectivity index (χ1) is 17.3. The van der Waals surface area contributed by atoms with Gasteiger partial charge in [0.15, 0.2) is 0 Å². The molecule has 0 spiro atoms. The predicted octanol–water partition coefficient (Wildman–Crippen LogP) is 6.64. The van der Waals surface area contributed by atoms with Gasteiger partial charge in [-0.15, -0.1) is 0 Å². The van der Waals surface area contributed by atoms with E-state index in [-0.39, 0.29) is 0 Å². The van der Waals surface area contributed by atoms with Crippen LogP contribution in [0.2, 0.25) is 0 Å². The van der Waals surface area contributed by atoms with Crippen LogP contribution < -0.4 is 0 Å². The minimum Gasteiger partial charge on any atom is -0.370 e. The van der Waals surface area contributed by atoms with Crippen LogP contribution in [0.15, 0.2) is 0 Å². The summed E-state index contributed by atoms with van der Waals surface area (Å²) < 4.78 is 26.3. The third-order valence-corrected chi connectivity index (χ3v) is 9.58. The molecule has 10 aliphatic rings. The van der Waals surface area contributed by atoms with Gasteiger partial charge in [-0.25, -0.2) is 0 Å². The highest BCUT2D eigenvalue weighted by atomic mass is 16.6. The van der Waals surface area contributed by atoms with E-state index in [9.17, 15) is 0 Å². The van der Waals surface area contributed by atoms with Gasteiger partial charge in [-0.3, -0.25) is 0 Å². The smallest absolute Gasteiger partial charge is 0.0842 e. The van der Waals surface area contributed by atoms with Crippen molar-refractivity contribution in [3.05, 3.63) is 0 Å². The van der Waals surface area contributed by atoms with Crippen LogP contribution >= 0.6 is 0 Å². The zero-order valence-electron chi connectivity index (χ0n) is 22.0. The Kier molecular flexibility index (Phi) is 8.68. The van der Waals surface area contributed by atoms with Gasteiger partial charge in [0.25, 0.3) is 0 Å². The van der Waals surface area contributed by atoms with Crippen LogP contribution in [0.25, 0.3) is 0 Å². The number of fused-ring (bicyclic) bond motifs is 5. The second-order valence-electron chi connectivity index (χ2n) is 12.5. The number of epoxide rings is 5. The van der Waals surface area contributed by atoms with E-state index in [4.69, 9.17) is 23.7 Å². The Morgan fingerprint density at radius 2 is 0.400 bits per heavy atom. The molecule has 0 aromatic heterocycles. The van der Waals surface area contributed by atoms with Crippen LogP contribution in [-0.4, -0.2) is 61.0 Å². The molecular weight excluding hydrogens is 440 g/mol. The molecule has 200 valence electrons. The fraction of sp³-hybridized carbons (Fsp3) is 1.00. The Hall–Kier alpha value is -0.200. The molecule has 5 heterocycles. The van der Waals surface area contributed by atoms with Crippen molar-refractivity contribution < 1.29 is 23.7 Å². The Morgan fingerprint density at radius 3 is 0.629 bits per heavy atom. The van der Waals surface area contributed by atoms with Gasteiger partial charge in [0.05, 0.1) is 61.0 Å². The van der Waals surface area contributed by atoms with Crippen molar-refractivity contribution in [2.24, 2.45) is 0 Å². The lowest BCUT2D eigenvalue weighted by molar-refractivity contribution is 0.322. The predicted molar refractivity (Wildman–Crippen MR) is 136 cm³/mol. The zero-order valence-corrected chi connectivity index (χ0v) is 22.0. The monoisotopic (exact) mass is 490 g/mol. The minimum absolute atomic E-state index is 0.685. The molecule has 0 amide bonds. The summed E-state index contributed by atoms with van der Waals surface area (Å²) in [5.74, 6) is 0. The number of ether oxygens (including phenoxy) is 5. The molecule has 5 saturated heterocycles. The Labute approximate surface area is 213 Å². The second kappa shape index (κ2) is 12.1. The summed E-state index contributed by atoms with van der Waals surface area (Å²) >= 11 is 0. The van der Waals surface area contributed by atoms with Gasteiger partial charge in [-0.05, 0) is 70.6 Å². The molecule has 10 rings (SSSR count). The summed E-state index contributed by atoms with van der Waals surface area (Å²) in [4.78, 5) is 0. The highest BCUT2D eigenvalue weighted by Gasteiger charge is 2.47. The van der Waals surface area contributed by atoms with Gasteiger partial charge in [0, 0.05) is 0 Å². The molecule has 0 N–H and O–H groups in total. The lowest BCUT2D eigenvalue weighted by Crippen LogP contribution is -2.04. The molecule has 5 aliphatic carbocycles. The van der Waals surface area contributed by atoms with Gasteiger partial charge in [0.1, 0.15) is 0 Å². The third kappa shape index (κ3) is 8.14. The summed E-state index contributed by atoms with van der Waals surface area (Å²) in [5, 5.41) is 0. The van der Waals surface area contributed by atoms with Crippen LogP contribution in [0.4, 0.5) is 0 Å². The van der Waals surface area contributed by atoms with E-state index >= 15 is 0 Å². The molecule has 5 saturated carbocycles. The Balaban J connectivity index is 0.0000000826. The van der Waals surface area contributed by atoms with E-state index in [1.54, 1.807) is 0 Å². The van der Waals surface area contributed by atoms with E-state index in [0.29, 0.717) is 48.8 Å². The maximum absolute atomic E-state index is 5.44. The fourth-order valence-corrected chi connectivity index (χ4v) is 6.63. The van der Waals surface area contributed by atoms with Crippen molar-refractivity contribution in [3.8, 4) is 0 Å². The second-order valence-corrected chi connectivity index (χ2v) is 12.5. The van der Waals surface area contributed by atoms with Crippen LogP contribution in [0, 0.1) is 0 Å². The first-order valence-corrected chi connectivity index (χ1v) is 15.6. The molecule has 10 fully saturated rings. The molecule has 5 nitrogen and oxygen atoms in total. The summed E-state index contributed by atoms with van der Waals surface area (Å²) in [6.45, 7) is 0. The molecule has 5 heteroatoms. The molecule has 0 aromatic carbocycles. The number of hydrogen-bond acceptors (Lipinski definition) is 5. The van der Waals surface area contributed by atoms with E-state index < -0.39 is 0 Å². The standard InChI is InChI=1S/C8H14O.C7H12O.C6H10O.C5H8O.C4H6O/c1-2-4-6-8-7(9-8)5-3-1;1-2-4-6-7(8-6)5-3-1;1-2-4-6-5(3-1)7-6;1-2-4-5(3-1)6-4;1-2-4-3(1)5-4/h7-8H,1-6H2;6-7H,1-5H2;5-6H,1-4H2;4-5H,1-3H2;3-4H,1-2H2. The normalized spacial score (nSPS) is 48.0. The maximum atomic E-state index is 5.44. The molecule has 5 aliphatic heterocycles. The molecule has 10 atom stereocenters. The molecule has 35 heavy (non-hydrogen) atoms. The first-order valence-electron chi connectivity index (χ1n) is 15.6.